The fraction of sp³-hybridized carbons (Fsp3) is 0.136. The first-order valence-corrected chi connectivity index (χ1v) is 11.6. The third kappa shape index (κ3) is 4.80. The second kappa shape index (κ2) is 9.44. The summed E-state index contributed by atoms with van der Waals surface area (Å²) < 4.78 is 11.3. The highest BCUT2D eigenvalue weighted by Crippen LogP contribution is 2.41. The summed E-state index contributed by atoms with van der Waals surface area (Å²) in [5.41, 5.74) is 1.66. The average molecular weight is 491 g/mol. The van der Waals surface area contributed by atoms with E-state index in [1.165, 1.54) is 23.1 Å². The number of benzene rings is 2. The van der Waals surface area contributed by atoms with Crippen LogP contribution in [0, 0.1) is 5.41 Å². The number of hydrogen-bond donors (Lipinski definition) is 1. The van der Waals surface area contributed by atoms with E-state index in [1.807, 2.05) is 17.5 Å². The standard InChI is InChI=1S/C22H16Cl2N2O3S2/c1-28-17-9-12(3-5-16(17)29-11-13-2-4-14(23)15(24)8-13)10-18-20(27)19(21(25)31-18)22-26-6-7-30-22/h2-10,19,25H,11H2,1H3/b18-10-,25-21?/t19-/m1/s1. The Bertz CT molecular complexity index is 1180. The lowest BCUT2D eigenvalue weighted by atomic mass is 10.0. The number of nitrogens with one attached hydrogen (secondary N) is 1. The van der Waals surface area contributed by atoms with Gasteiger partial charge in [0.1, 0.15) is 17.5 Å². The van der Waals surface area contributed by atoms with Crippen LogP contribution in [-0.4, -0.2) is 22.9 Å². The number of Topliss-reactive ketones (excluding diaryl/α,β-unsaturated/α-hetero) is 1. The predicted molar refractivity (Wildman–Crippen MR) is 127 cm³/mol. The van der Waals surface area contributed by atoms with Crippen LogP contribution in [0.4, 0.5) is 0 Å². The Balaban J connectivity index is 1.52. The summed E-state index contributed by atoms with van der Waals surface area (Å²) in [7, 11) is 1.56. The summed E-state index contributed by atoms with van der Waals surface area (Å²) in [6, 6.07) is 10.7. The van der Waals surface area contributed by atoms with Crippen LogP contribution in [0.5, 0.6) is 11.5 Å². The van der Waals surface area contributed by atoms with Crippen molar-refractivity contribution in [2.45, 2.75) is 12.5 Å². The molecule has 9 heteroatoms. The first kappa shape index (κ1) is 21.9. The molecule has 5 nitrogen and oxygen atoms in total. The van der Waals surface area contributed by atoms with Crippen LogP contribution < -0.4 is 9.47 Å². The van der Waals surface area contributed by atoms with Gasteiger partial charge in [-0.3, -0.25) is 10.2 Å². The number of carbonyl (C=O) groups is 1. The van der Waals surface area contributed by atoms with Gasteiger partial charge in [0.2, 0.25) is 0 Å². The molecule has 0 bridgehead atoms. The van der Waals surface area contributed by atoms with Crippen LogP contribution in [-0.2, 0) is 11.4 Å². The number of ether oxygens (including phenoxy) is 2. The number of rotatable bonds is 6. The Morgan fingerprint density at radius 1 is 1.16 bits per heavy atom. The Morgan fingerprint density at radius 3 is 2.71 bits per heavy atom. The van der Waals surface area contributed by atoms with Crippen LogP contribution in [0.2, 0.25) is 10.0 Å². The number of nitrogens with zero attached hydrogens (tertiary/aromatic N) is 1. The van der Waals surface area contributed by atoms with E-state index in [4.69, 9.17) is 38.1 Å². The summed E-state index contributed by atoms with van der Waals surface area (Å²) in [4.78, 5) is 17.5. The number of methoxy groups -OCH3 is 1. The molecule has 4 rings (SSSR count). The van der Waals surface area contributed by atoms with Crippen LogP contribution in [0.15, 0.2) is 52.9 Å². The number of ketones is 1. The first-order valence-electron chi connectivity index (χ1n) is 9.12. The van der Waals surface area contributed by atoms with E-state index in [2.05, 4.69) is 4.98 Å². The van der Waals surface area contributed by atoms with Gasteiger partial charge in [-0.1, -0.05) is 47.1 Å². The molecule has 0 unspecified atom stereocenters. The molecular formula is C22H16Cl2N2O3S2. The summed E-state index contributed by atoms with van der Waals surface area (Å²) in [6.45, 7) is 0.300. The zero-order valence-corrected chi connectivity index (χ0v) is 19.4. The van der Waals surface area contributed by atoms with E-state index >= 15 is 0 Å². The predicted octanol–water partition coefficient (Wildman–Crippen LogP) is 6.46. The number of thioether (sulfide) groups is 1. The lowest BCUT2D eigenvalue weighted by Gasteiger charge is -2.12. The second-order valence-electron chi connectivity index (χ2n) is 6.59. The molecule has 0 aliphatic carbocycles. The summed E-state index contributed by atoms with van der Waals surface area (Å²) >= 11 is 14.6. The minimum absolute atomic E-state index is 0.108. The first-order chi connectivity index (χ1) is 15.0. The number of thiazole rings is 1. The van der Waals surface area contributed by atoms with Crippen LogP contribution >= 0.6 is 46.3 Å². The third-order valence-electron chi connectivity index (χ3n) is 4.55. The maximum absolute atomic E-state index is 12.8. The molecule has 0 saturated carbocycles. The highest BCUT2D eigenvalue weighted by Gasteiger charge is 2.38. The molecule has 2 aromatic carbocycles. The Hall–Kier alpha value is -2.32. The van der Waals surface area contributed by atoms with Crippen molar-refractivity contribution in [3.8, 4) is 11.5 Å². The van der Waals surface area contributed by atoms with Crippen molar-refractivity contribution in [1.82, 2.24) is 4.98 Å². The normalized spacial score (nSPS) is 17.4. The van der Waals surface area contributed by atoms with Crippen LogP contribution in [0.3, 0.4) is 0 Å². The fourth-order valence-electron chi connectivity index (χ4n) is 3.03. The summed E-state index contributed by atoms with van der Waals surface area (Å²) in [5.74, 6) is 0.391. The molecule has 1 aromatic heterocycles. The molecule has 158 valence electrons. The van der Waals surface area contributed by atoms with Crippen molar-refractivity contribution in [2.24, 2.45) is 0 Å². The van der Waals surface area contributed by atoms with Gasteiger partial charge in [0.05, 0.1) is 27.1 Å². The number of halogens is 2. The lowest BCUT2D eigenvalue weighted by Crippen LogP contribution is -2.11. The van der Waals surface area contributed by atoms with E-state index in [-0.39, 0.29) is 5.78 Å². The van der Waals surface area contributed by atoms with E-state index < -0.39 is 5.92 Å². The van der Waals surface area contributed by atoms with Crippen molar-refractivity contribution in [2.75, 3.05) is 7.11 Å². The maximum Gasteiger partial charge on any atom is 0.186 e. The van der Waals surface area contributed by atoms with Crippen LogP contribution in [0.1, 0.15) is 22.1 Å². The topological polar surface area (TPSA) is 72.3 Å². The summed E-state index contributed by atoms with van der Waals surface area (Å²) in [6.07, 6.45) is 3.41. The molecule has 1 fully saturated rings. The van der Waals surface area contributed by atoms with Gasteiger partial charge in [-0.05, 0) is 41.5 Å². The number of hydrogen-bond acceptors (Lipinski definition) is 7. The van der Waals surface area contributed by atoms with Gasteiger partial charge in [-0.25, -0.2) is 4.98 Å². The van der Waals surface area contributed by atoms with Gasteiger partial charge in [0.25, 0.3) is 0 Å². The largest absolute Gasteiger partial charge is 0.493 e. The van der Waals surface area contributed by atoms with E-state index in [0.29, 0.717) is 43.1 Å². The van der Waals surface area contributed by atoms with Crippen LogP contribution in [0.25, 0.3) is 6.08 Å². The van der Waals surface area contributed by atoms with Crippen molar-refractivity contribution in [3.63, 3.8) is 0 Å². The Kier molecular flexibility index (Phi) is 6.67. The molecule has 1 atom stereocenters. The minimum Gasteiger partial charge on any atom is -0.493 e. The third-order valence-corrected chi connectivity index (χ3v) is 7.12. The maximum atomic E-state index is 12.8. The van der Waals surface area contributed by atoms with Gasteiger partial charge in [0, 0.05) is 11.6 Å². The highest BCUT2D eigenvalue weighted by atomic mass is 35.5. The van der Waals surface area contributed by atoms with Gasteiger partial charge >= 0.3 is 0 Å². The van der Waals surface area contributed by atoms with Gasteiger partial charge in [-0.15, -0.1) is 11.3 Å². The summed E-state index contributed by atoms with van der Waals surface area (Å²) in [5, 5.41) is 11.9. The second-order valence-corrected chi connectivity index (χ2v) is 9.41. The Morgan fingerprint density at radius 2 is 2.00 bits per heavy atom. The fourth-order valence-corrected chi connectivity index (χ4v) is 5.15. The number of carbonyl (C=O) groups excluding carboxylic acids is 1. The zero-order chi connectivity index (χ0) is 22.0. The number of allylic oxidation sites excluding steroid dienone is 1. The Labute approximate surface area is 197 Å². The smallest absolute Gasteiger partial charge is 0.186 e. The molecule has 2 heterocycles. The lowest BCUT2D eigenvalue weighted by molar-refractivity contribution is -0.114. The number of aromatic nitrogens is 1. The molecule has 0 spiro atoms. The molecule has 1 saturated heterocycles. The molecule has 0 radical (unpaired) electrons. The monoisotopic (exact) mass is 490 g/mol. The quantitative estimate of drug-likeness (QED) is 0.401. The molecular weight excluding hydrogens is 475 g/mol. The van der Waals surface area contributed by atoms with E-state index in [0.717, 1.165) is 11.1 Å². The SMILES string of the molecule is COc1cc(/C=C2\SC(=N)[C@H](c3nccs3)C2=O)ccc1OCc1ccc(Cl)c(Cl)c1. The van der Waals surface area contributed by atoms with E-state index in [1.54, 1.807) is 43.6 Å². The zero-order valence-electron chi connectivity index (χ0n) is 16.2. The molecule has 3 aromatic rings. The van der Waals surface area contributed by atoms with Crippen molar-refractivity contribution < 1.29 is 14.3 Å². The highest BCUT2D eigenvalue weighted by molar-refractivity contribution is 8.19. The molecule has 1 aliphatic rings. The van der Waals surface area contributed by atoms with Crippen molar-refractivity contribution in [1.29, 1.82) is 5.41 Å². The molecule has 1 aliphatic heterocycles. The molecule has 0 amide bonds. The van der Waals surface area contributed by atoms with Gasteiger partial charge in [-0.2, -0.15) is 0 Å². The van der Waals surface area contributed by atoms with Crippen molar-refractivity contribution in [3.05, 3.63) is 79.1 Å². The minimum atomic E-state index is -0.605. The van der Waals surface area contributed by atoms with Gasteiger partial charge in [0.15, 0.2) is 17.3 Å². The average Bonchev–Trinajstić information content (AvgIpc) is 3.37. The van der Waals surface area contributed by atoms with Gasteiger partial charge < -0.3 is 9.47 Å². The molecule has 31 heavy (non-hydrogen) atoms. The molecule has 1 N–H and O–H groups in total. The van der Waals surface area contributed by atoms with E-state index in [9.17, 15) is 4.79 Å². The van der Waals surface area contributed by atoms with Crippen molar-refractivity contribution >= 4 is 63.2 Å².